The van der Waals surface area contributed by atoms with Gasteiger partial charge in [-0.25, -0.2) is 0 Å². The minimum atomic E-state index is -0.355. The number of rotatable bonds is 2. The number of Topliss-reactive ketones (excluding diaryl/α,β-unsaturated/α-hetero) is 1. The first-order valence-corrected chi connectivity index (χ1v) is 5.33. The van der Waals surface area contributed by atoms with Gasteiger partial charge < -0.3 is 0 Å². The number of carbonyl (C=O) groups excluding carboxylic acids is 1. The van der Waals surface area contributed by atoms with Crippen molar-refractivity contribution < 1.29 is 4.79 Å². The molecule has 0 fully saturated rings. The maximum absolute atomic E-state index is 11.9. The van der Waals surface area contributed by atoms with Crippen LogP contribution < -0.4 is 0 Å². The van der Waals surface area contributed by atoms with E-state index in [1.54, 1.807) is 6.20 Å². The van der Waals surface area contributed by atoms with Gasteiger partial charge in [0.1, 0.15) is 5.69 Å². The van der Waals surface area contributed by atoms with Crippen LogP contribution in [0, 0.1) is 5.41 Å². The van der Waals surface area contributed by atoms with Crippen LogP contribution in [0.25, 0.3) is 0 Å². The molecular weight excluding hydrogens is 186 g/mol. The Labute approximate surface area is 91.7 Å². The molecule has 1 rings (SSSR count). The van der Waals surface area contributed by atoms with Crippen LogP contribution in [0.4, 0.5) is 0 Å². The van der Waals surface area contributed by atoms with E-state index < -0.39 is 0 Å². The summed E-state index contributed by atoms with van der Waals surface area (Å²) in [7, 11) is 0. The van der Waals surface area contributed by atoms with Crippen molar-refractivity contribution in [2.75, 3.05) is 0 Å². The molecule has 0 saturated carbocycles. The number of hydrogen-bond donors (Lipinski definition) is 0. The van der Waals surface area contributed by atoms with Gasteiger partial charge in [-0.15, -0.1) is 0 Å². The van der Waals surface area contributed by atoms with E-state index >= 15 is 0 Å². The van der Waals surface area contributed by atoms with Crippen LogP contribution in [0.2, 0.25) is 0 Å². The number of carbonyl (C=O) groups is 1. The summed E-state index contributed by atoms with van der Waals surface area (Å²) in [5, 5.41) is 0. The topological polar surface area (TPSA) is 30.0 Å². The molecular formula is C13H19NO. The molecule has 0 aliphatic heterocycles. The third-order valence-corrected chi connectivity index (χ3v) is 2.37. The normalized spacial score (nSPS) is 11.9. The lowest BCUT2D eigenvalue weighted by Crippen LogP contribution is -2.21. The Bertz CT molecular complexity index is 344. The first kappa shape index (κ1) is 11.9. The van der Waals surface area contributed by atoms with Gasteiger partial charge in [0.15, 0.2) is 5.78 Å². The molecule has 1 aromatic heterocycles. The summed E-state index contributed by atoms with van der Waals surface area (Å²) in [5.74, 6) is 0.550. The van der Waals surface area contributed by atoms with Crippen LogP contribution in [0.1, 0.15) is 56.6 Å². The summed E-state index contributed by atoms with van der Waals surface area (Å²) in [6, 6.07) is 3.81. The van der Waals surface area contributed by atoms with Crippen molar-refractivity contribution in [3.05, 3.63) is 29.6 Å². The summed E-state index contributed by atoms with van der Waals surface area (Å²) < 4.78 is 0. The van der Waals surface area contributed by atoms with E-state index in [0.717, 1.165) is 0 Å². The van der Waals surface area contributed by atoms with E-state index in [1.807, 2.05) is 32.9 Å². The lowest BCUT2D eigenvalue weighted by atomic mass is 9.88. The fraction of sp³-hybridized carbons (Fsp3) is 0.538. The largest absolute Gasteiger partial charge is 0.292 e. The lowest BCUT2D eigenvalue weighted by Gasteiger charge is -2.16. The van der Waals surface area contributed by atoms with Crippen LogP contribution in [-0.4, -0.2) is 10.8 Å². The SMILES string of the molecule is CC(C)c1ccc(C(=O)C(C)(C)C)nc1. The van der Waals surface area contributed by atoms with E-state index in [1.165, 1.54) is 5.56 Å². The molecule has 15 heavy (non-hydrogen) atoms. The first-order chi connectivity index (χ1) is 6.82. The summed E-state index contributed by atoms with van der Waals surface area (Å²) in [6.45, 7) is 9.96. The number of hydrogen-bond acceptors (Lipinski definition) is 2. The Hall–Kier alpha value is -1.18. The quantitative estimate of drug-likeness (QED) is 0.692. The second-order valence-electron chi connectivity index (χ2n) is 5.21. The van der Waals surface area contributed by atoms with Crippen LogP contribution in [0.15, 0.2) is 18.3 Å². The van der Waals surface area contributed by atoms with Gasteiger partial charge in [-0.2, -0.15) is 0 Å². The molecule has 0 bridgehead atoms. The highest BCUT2D eigenvalue weighted by Gasteiger charge is 2.23. The molecule has 82 valence electrons. The predicted octanol–water partition coefficient (Wildman–Crippen LogP) is 3.43. The minimum Gasteiger partial charge on any atom is -0.292 e. The van der Waals surface area contributed by atoms with Crippen LogP contribution in [-0.2, 0) is 0 Å². The molecule has 0 radical (unpaired) electrons. The third-order valence-electron chi connectivity index (χ3n) is 2.37. The molecule has 2 nitrogen and oxygen atoms in total. The molecule has 0 N–H and O–H groups in total. The van der Waals surface area contributed by atoms with Gasteiger partial charge in [0, 0.05) is 11.6 Å². The molecule has 0 atom stereocenters. The summed E-state index contributed by atoms with van der Waals surface area (Å²) >= 11 is 0. The molecule has 1 aromatic rings. The van der Waals surface area contributed by atoms with Crippen LogP contribution in [0.5, 0.6) is 0 Å². The monoisotopic (exact) mass is 205 g/mol. The Kier molecular flexibility index (Phi) is 3.28. The molecule has 0 aliphatic rings. The maximum Gasteiger partial charge on any atom is 0.186 e. The lowest BCUT2D eigenvalue weighted by molar-refractivity contribution is 0.0853. The van der Waals surface area contributed by atoms with Crippen LogP contribution >= 0.6 is 0 Å². The summed E-state index contributed by atoms with van der Waals surface area (Å²) in [4.78, 5) is 16.1. The molecule has 0 amide bonds. The highest BCUT2D eigenvalue weighted by Crippen LogP contribution is 2.20. The van der Waals surface area contributed by atoms with E-state index in [-0.39, 0.29) is 11.2 Å². The van der Waals surface area contributed by atoms with E-state index in [4.69, 9.17) is 0 Å². The molecule has 1 heterocycles. The predicted molar refractivity (Wildman–Crippen MR) is 62.1 cm³/mol. The van der Waals surface area contributed by atoms with Gasteiger partial charge >= 0.3 is 0 Å². The Morgan fingerprint density at radius 2 is 1.87 bits per heavy atom. The van der Waals surface area contributed by atoms with Gasteiger partial charge in [-0.05, 0) is 17.5 Å². The smallest absolute Gasteiger partial charge is 0.186 e. The highest BCUT2D eigenvalue weighted by molar-refractivity contribution is 5.98. The number of nitrogens with zero attached hydrogens (tertiary/aromatic N) is 1. The standard InChI is InChI=1S/C13H19NO/c1-9(2)10-6-7-11(14-8-10)12(15)13(3,4)5/h6-9H,1-5H3. The zero-order valence-electron chi connectivity index (χ0n) is 10.2. The second-order valence-corrected chi connectivity index (χ2v) is 5.21. The van der Waals surface area contributed by atoms with E-state index in [2.05, 4.69) is 18.8 Å². The Balaban J connectivity index is 2.95. The number of aromatic nitrogens is 1. The average Bonchev–Trinajstić information content (AvgIpc) is 2.15. The molecule has 2 heteroatoms. The third kappa shape index (κ3) is 2.88. The number of ketones is 1. The van der Waals surface area contributed by atoms with Gasteiger partial charge in [-0.3, -0.25) is 9.78 Å². The molecule has 0 saturated heterocycles. The summed E-state index contributed by atoms with van der Waals surface area (Å²) in [6.07, 6.45) is 1.80. The second kappa shape index (κ2) is 4.13. The van der Waals surface area contributed by atoms with Crippen molar-refractivity contribution in [2.45, 2.75) is 40.5 Å². The van der Waals surface area contributed by atoms with Gasteiger partial charge in [-0.1, -0.05) is 40.7 Å². The zero-order valence-corrected chi connectivity index (χ0v) is 10.2. The van der Waals surface area contributed by atoms with Gasteiger partial charge in [0.05, 0.1) is 0 Å². The molecule has 0 aliphatic carbocycles. The maximum atomic E-state index is 11.9. The van der Waals surface area contributed by atoms with Crippen molar-refractivity contribution in [1.29, 1.82) is 0 Å². The van der Waals surface area contributed by atoms with Crippen molar-refractivity contribution >= 4 is 5.78 Å². The summed E-state index contributed by atoms with van der Waals surface area (Å²) in [5.41, 5.74) is 1.37. The fourth-order valence-electron chi connectivity index (χ4n) is 1.27. The van der Waals surface area contributed by atoms with Gasteiger partial charge in [0.25, 0.3) is 0 Å². The fourth-order valence-corrected chi connectivity index (χ4v) is 1.27. The van der Waals surface area contributed by atoms with Crippen LogP contribution in [0.3, 0.4) is 0 Å². The van der Waals surface area contributed by atoms with Crippen molar-refractivity contribution in [3.63, 3.8) is 0 Å². The first-order valence-electron chi connectivity index (χ1n) is 5.33. The van der Waals surface area contributed by atoms with Gasteiger partial charge in [0.2, 0.25) is 0 Å². The molecule has 0 aromatic carbocycles. The number of pyridine rings is 1. The van der Waals surface area contributed by atoms with Crippen molar-refractivity contribution in [3.8, 4) is 0 Å². The zero-order chi connectivity index (χ0) is 11.6. The minimum absolute atomic E-state index is 0.0952. The van der Waals surface area contributed by atoms with Crippen molar-refractivity contribution in [1.82, 2.24) is 4.98 Å². The average molecular weight is 205 g/mol. The molecule has 0 unspecified atom stereocenters. The Morgan fingerprint density at radius 1 is 1.27 bits per heavy atom. The van der Waals surface area contributed by atoms with E-state index in [9.17, 15) is 4.79 Å². The van der Waals surface area contributed by atoms with Crippen molar-refractivity contribution in [2.24, 2.45) is 5.41 Å². The van der Waals surface area contributed by atoms with E-state index in [0.29, 0.717) is 11.6 Å². The molecule has 0 spiro atoms. The highest BCUT2D eigenvalue weighted by atomic mass is 16.1. The Morgan fingerprint density at radius 3 is 2.20 bits per heavy atom.